The number of nitrogens with one attached hydrogen (secondary N) is 2. The SMILES string of the molecule is CCc1ccc(NC(C)C(=O)NC(C)c2cc3ccccc3o2)cc1. The Kier molecular flexibility index (Phi) is 5.08. The number of carbonyl (C=O) groups excluding carboxylic acids is 1. The van der Waals surface area contributed by atoms with Crippen molar-refractivity contribution in [3.8, 4) is 0 Å². The van der Waals surface area contributed by atoms with Crippen LogP contribution in [0.2, 0.25) is 0 Å². The molecule has 2 aromatic carbocycles. The Bertz CT molecular complexity index is 819. The number of aryl methyl sites for hydroxylation is 1. The zero-order chi connectivity index (χ0) is 17.8. The van der Waals surface area contributed by atoms with Crippen molar-refractivity contribution in [3.63, 3.8) is 0 Å². The Morgan fingerprint density at radius 1 is 1.08 bits per heavy atom. The Balaban J connectivity index is 1.61. The maximum atomic E-state index is 12.5. The van der Waals surface area contributed by atoms with E-state index in [4.69, 9.17) is 4.42 Å². The summed E-state index contributed by atoms with van der Waals surface area (Å²) in [5.41, 5.74) is 3.05. The molecular weight excluding hydrogens is 312 g/mol. The molecule has 130 valence electrons. The summed E-state index contributed by atoms with van der Waals surface area (Å²) in [7, 11) is 0. The van der Waals surface area contributed by atoms with Gasteiger partial charge in [-0.05, 0) is 50.1 Å². The number of carbonyl (C=O) groups is 1. The van der Waals surface area contributed by atoms with Crippen molar-refractivity contribution in [2.45, 2.75) is 39.3 Å². The second-order valence-electron chi connectivity index (χ2n) is 6.33. The molecule has 0 radical (unpaired) electrons. The van der Waals surface area contributed by atoms with Crippen LogP contribution in [0.5, 0.6) is 0 Å². The van der Waals surface area contributed by atoms with Crippen LogP contribution in [-0.2, 0) is 11.2 Å². The molecule has 0 fully saturated rings. The summed E-state index contributed by atoms with van der Waals surface area (Å²) in [5, 5.41) is 7.28. The van der Waals surface area contributed by atoms with Gasteiger partial charge in [-0.25, -0.2) is 0 Å². The number of hydrogen-bond donors (Lipinski definition) is 2. The molecule has 3 aromatic rings. The van der Waals surface area contributed by atoms with Gasteiger partial charge in [0, 0.05) is 11.1 Å². The number of fused-ring (bicyclic) bond motifs is 1. The number of para-hydroxylation sites is 1. The van der Waals surface area contributed by atoms with Crippen molar-refractivity contribution in [1.82, 2.24) is 5.32 Å². The Labute approximate surface area is 148 Å². The third kappa shape index (κ3) is 4.02. The molecule has 3 rings (SSSR count). The van der Waals surface area contributed by atoms with Gasteiger partial charge in [-0.2, -0.15) is 0 Å². The predicted octanol–water partition coefficient (Wildman–Crippen LogP) is 4.67. The van der Waals surface area contributed by atoms with Gasteiger partial charge in [-0.1, -0.05) is 37.3 Å². The second kappa shape index (κ2) is 7.43. The van der Waals surface area contributed by atoms with Gasteiger partial charge in [0.25, 0.3) is 0 Å². The summed E-state index contributed by atoms with van der Waals surface area (Å²) >= 11 is 0. The van der Waals surface area contributed by atoms with E-state index in [9.17, 15) is 4.79 Å². The summed E-state index contributed by atoms with van der Waals surface area (Å²) < 4.78 is 5.82. The molecule has 1 amide bonds. The zero-order valence-electron chi connectivity index (χ0n) is 14.9. The minimum atomic E-state index is -0.334. The smallest absolute Gasteiger partial charge is 0.242 e. The van der Waals surface area contributed by atoms with Crippen molar-refractivity contribution in [2.75, 3.05) is 5.32 Å². The molecule has 1 aromatic heterocycles. The van der Waals surface area contributed by atoms with Crippen LogP contribution >= 0.6 is 0 Å². The van der Waals surface area contributed by atoms with Gasteiger partial charge in [-0.15, -0.1) is 0 Å². The van der Waals surface area contributed by atoms with Gasteiger partial charge >= 0.3 is 0 Å². The maximum absolute atomic E-state index is 12.5. The van der Waals surface area contributed by atoms with E-state index in [1.54, 1.807) is 0 Å². The van der Waals surface area contributed by atoms with E-state index in [0.29, 0.717) is 0 Å². The van der Waals surface area contributed by atoms with Crippen molar-refractivity contribution in [2.24, 2.45) is 0 Å². The Morgan fingerprint density at radius 2 is 1.80 bits per heavy atom. The molecule has 2 unspecified atom stereocenters. The maximum Gasteiger partial charge on any atom is 0.242 e. The third-order valence-corrected chi connectivity index (χ3v) is 4.37. The highest BCUT2D eigenvalue weighted by Crippen LogP contribution is 2.23. The predicted molar refractivity (Wildman–Crippen MR) is 102 cm³/mol. The first-order valence-electron chi connectivity index (χ1n) is 8.71. The summed E-state index contributed by atoms with van der Waals surface area (Å²) in [5.74, 6) is 0.696. The first-order valence-corrected chi connectivity index (χ1v) is 8.71. The highest BCUT2D eigenvalue weighted by atomic mass is 16.3. The summed E-state index contributed by atoms with van der Waals surface area (Å²) in [6.45, 7) is 5.91. The van der Waals surface area contributed by atoms with Gasteiger partial charge in [0.15, 0.2) is 0 Å². The summed E-state index contributed by atoms with van der Waals surface area (Å²) in [4.78, 5) is 12.5. The van der Waals surface area contributed by atoms with E-state index < -0.39 is 0 Å². The lowest BCUT2D eigenvalue weighted by molar-refractivity contribution is -0.122. The highest BCUT2D eigenvalue weighted by molar-refractivity contribution is 5.84. The Hall–Kier alpha value is -2.75. The number of rotatable bonds is 6. The van der Waals surface area contributed by atoms with Gasteiger partial charge in [0.05, 0.1) is 6.04 Å². The lowest BCUT2D eigenvalue weighted by atomic mass is 10.1. The molecule has 25 heavy (non-hydrogen) atoms. The molecule has 1 heterocycles. The van der Waals surface area contributed by atoms with Crippen LogP contribution in [0, 0.1) is 0 Å². The van der Waals surface area contributed by atoms with Crippen molar-refractivity contribution in [1.29, 1.82) is 0 Å². The largest absolute Gasteiger partial charge is 0.459 e. The van der Waals surface area contributed by atoms with E-state index in [0.717, 1.165) is 28.8 Å². The van der Waals surface area contributed by atoms with Crippen LogP contribution in [0.25, 0.3) is 11.0 Å². The van der Waals surface area contributed by atoms with Crippen LogP contribution in [-0.4, -0.2) is 11.9 Å². The minimum Gasteiger partial charge on any atom is -0.459 e. The van der Waals surface area contributed by atoms with Crippen LogP contribution in [0.15, 0.2) is 59.0 Å². The van der Waals surface area contributed by atoms with Crippen LogP contribution in [0.1, 0.15) is 38.1 Å². The number of furan rings is 1. The topological polar surface area (TPSA) is 54.3 Å². The quantitative estimate of drug-likeness (QED) is 0.687. The number of amides is 1. The van der Waals surface area contributed by atoms with Crippen molar-refractivity contribution in [3.05, 3.63) is 65.9 Å². The van der Waals surface area contributed by atoms with Crippen LogP contribution in [0.4, 0.5) is 5.69 Å². The Morgan fingerprint density at radius 3 is 2.48 bits per heavy atom. The average molecular weight is 336 g/mol. The summed E-state index contributed by atoms with van der Waals surface area (Å²) in [6.07, 6.45) is 1.01. The highest BCUT2D eigenvalue weighted by Gasteiger charge is 2.18. The van der Waals surface area contributed by atoms with Crippen LogP contribution < -0.4 is 10.6 Å². The van der Waals surface area contributed by atoms with E-state index in [-0.39, 0.29) is 18.0 Å². The third-order valence-electron chi connectivity index (χ3n) is 4.37. The summed E-state index contributed by atoms with van der Waals surface area (Å²) in [6, 6.07) is 17.5. The van der Waals surface area contributed by atoms with E-state index >= 15 is 0 Å². The normalized spacial score (nSPS) is 13.4. The van der Waals surface area contributed by atoms with E-state index in [1.807, 2.05) is 56.3 Å². The standard InChI is InChI=1S/C21H24N2O2/c1-4-16-9-11-18(12-10-16)22-15(3)21(24)23-14(2)20-13-17-7-5-6-8-19(17)25-20/h5-15,22H,4H2,1-3H3,(H,23,24). The number of benzene rings is 2. The molecular formula is C21H24N2O2. The number of hydrogen-bond acceptors (Lipinski definition) is 3. The molecule has 0 aliphatic carbocycles. The van der Waals surface area contributed by atoms with Gasteiger partial charge < -0.3 is 15.1 Å². The van der Waals surface area contributed by atoms with Gasteiger partial charge in [0.2, 0.25) is 5.91 Å². The lowest BCUT2D eigenvalue weighted by Gasteiger charge is -2.18. The van der Waals surface area contributed by atoms with Gasteiger partial charge in [-0.3, -0.25) is 4.79 Å². The van der Waals surface area contributed by atoms with E-state index in [2.05, 4.69) is 29.7 Å². The van der Waals surface area contributed by atoms with Crippen molar-refractivity contribution >= 4 is 22.6 Å². The molecule has 0 spiro atoms. The molecule has 4 nitrogen and oxygen atoms in total. The molecule has 4 heteroatoms. The molecule has 2 atom stereocenters. The first kappa shape index (κ1) is 17.1. The first-order chi connectivity index (χ1) is 12.1. The average Bonchev–Trinajstić information content (AvgIpc) is 3.06. The van der Waals surface area contributed by atoms with E-state index in [1.165, 1.54) is 5.56 Å². The monoisotopic (exact) mass is 336 g/mol. The fourth-order valence-electron chi connectivity index (χ4n) is 2.78. The van der Waals surface area contributed by atoms with Crippen molar-refractivity contribution < 1.29 is 9.21 Å². The number of anilines is 1. The molecule has 0 aliphatic rings. The fourth-order valence-corrected chi connectivity index (χ4v) is 2.78. The van der Waals surface area contributed by atoms with Crippen LogP contribution in [0.3, 0.4) is 0 Å². The molecule has 0 bridgehead atoms. The lowest BCUT2D eigenvalue weighted by Crippen LogP contribution is -2.38. The molecule has 0 saturated carbocycles. The fraction of sp³-hybridized carbons (Fsp3) is 0.286. The molecule has 2 N–H and O–H groups in total. The second-order valence-corrected chi connectivity index (χ2v) is 6.33. The zero-order valence-corrected chi connectivity index (χ0v) is 14.9. The van der Waals surface area contributed by atoms with Gasteiger partial charge in [0.1, 0.15) is 17.4 Å². The molecule has 0 saturated heterocycles. The minimum absolute atomic E-state index is 0.0625. The molecule has 0 aliphatic heterocycles.